The van der Waals surface area contributed by atoms with Gasteiger partial charge >= 0.3 is 6.18 Å². The van der Waals surface area contributed by atoms with E-state index in [1.54, 1.807) is 25.8 Å². The second-order valence-electron chi connectivity index (χ2n) is 8.97. The van der Waals surface area contributed by atoms with Crippen LogP contribution in [0.5, 0.6) is 5.75 Å². The summed E-state index contributed by atoms with van der Waals surface area (Å²) in [6.07, 6.45) is -1.97. The Balaban J connectivity index is 0.00000228. The van der Waals surface area contributed by atoms with Gasteiger partial charge in [-0.1, -0.05) is 21.8 Å². The lowest BCUT2D eigenvalue weighted by molar-refractivity contribution is -0.141. The van der Waals surface area contributed by atoms with Crippen LogP contribution in [-0.4, -0.2) is 56.8 Å². The van der Waals surface area contributed by atoms with Crippen LogP contribution in [0.2, 0.25) is 0 Å². The zero-order valence-corrected chi connectivity index (χ0v) is 19.3. The number of amides is 1. The van der Waals surface area contributed by atoms with E-state index in [9.17, 15) is 23.1 Å². The number of carbonyl (C=O) groups is 1. The third-order valence-electron chi connectivity index (χ3n) is 6.35. The largest absolute Gasteiger partial charge is 0.489 e. The second kappa shape index (κ2) is 10.5. The zero-order valence-electron chi connectivity index (χ0n) is 19.3. The molecule has 3 heterocycles. The molecule has 2 atom stereocenters. The van der Waals surface area contributed by atoms with E-state index in [0.717, 1.165) is 12.3 Å². The van der Waals surface area contributed by atoms with Gasteiger partial charge in [0.1, 0.15) is 29.3 Å². The molecule has 2 aliphatic rings. The number of carbonyl (C=O) groups excluding carboxylic acids is 1. The van der Waals surface area contributed by atoms with E-state index in [1.807, 2.05) is 6.92 Å². The summed E-state index contributed by atoms with van der Waals surface area (Å²) in [5.41, 5.74) is -1.11. The lowest BCUT2D eigenvalue weighted by Gasteiger charge is -2.42. The molecule has 1 amide bonds. The molecule has 1 fully saturated rings. The smallest absolute Gasteiger partial charge is 0.433 e. The zero-order chi connectivity index (χ0) is 24.8. The Hall–Kier alpha value is -3.15. The van der Waals surface area contributed by atoms with E-state index in [2.05, 4.69) is 25.6 Å². The molecule has 2 unspecified atom stereocenters. The van der Waals surface area contributed by atoms with Crippen LogP contribution in [0.1, 0.15) is 59.4 Å². The number of alkyl halides is 3. The molecule has 12 heteroatoms. The molecule has 0 aromatic carbocycles. The summed E-state index contributed by atoms with van der Waals surface area (Å²) in [6, 6.07) is 1.37. The summed E-state index contributed by atoms with van der Waals surface area (Å²) in [4.78, 5) is 26.7. The lowest BCUT2D eigenvalue weighted by Crippen LogP contribution is -2.59. The maximum Gasteiger partial charge on any atom is 0.433 e. The first-order chi connectivity index (χ1) is 15.9. The molecule has 2 aromatic heterocycles. The molecule has 1 aliphatic heterocycles. The first-order valence-electron chi connectivity index (χ1n) is 11.0. The number of nitrogens with one attached hydrogen (secondary N) is 2. The number of halogens is 3. The van der Waals surface area contributed by atoms with Crippen molar-refractivity contribution in [2.24, 2.45) is 0 Å². The van der Waals surface area contributed by atoms with Crippen LogP contribution in [0, 0.1) is 6.92 Å². The Kier molecular flexibility index (Phi) is 8.44. The number of hydrogen-bond acceptors (Lipinski definition) is 8. The Morgan fingerprint density at radius 1 is 1.25 bits per heavy atom. The standard InChI is InChI=1S/C22H27F3N6O3.2CH4/c1-5-21(3,33)17-19(32)29-16-11(2)27-20(30-18(16)31(17)4)28-12-8-14(9-12)34-13-6-7-15(26-10-13)22(23,24)25;;/h6-7,10,12,14,17,33H,5,8-9H2,1-4H3,(H,29,32)(H,27,28,30);2*1H4. The topological polar surface area (TPSA) is 112 Å². The molecular formula is C24H35F3N6O3. The monoisotopic (exact) mass is 512 g/mol. The van der Waals surface area contributed by atoms with Crippen molar-refractivity contribution >= 4 is 23.4 Å². The van der Waals surface area contributed by atoms with Crippen molar-refractivity contribution in [3.05, 3.63) is 29.7 Å². The Bertz CT molecular complexity index is 1070. The van der Waals surface area contributed by atoms with E-state index < -0.39 is 23.5 Å². The highest BCUT2D eigenvalue weighted by atomic mass is 19.4. The summed E-state index contributed by atoms with van der Waals surface area (Å²) < 4.78 is 43.6. The average molecular weight is 513 g/mol. The maximum atomic E-state index is 12.6. The molecule has 36 heavy (non-hydrogen) atoms. The van der Waals surface area contributed by atoms with Crippen molar-refractivity contribution in [2.75, 3.05) is 22.6 Å². The van der Waals surface area contributed by atoms with Gasteiger partial charge in [-0.2, -0.15) is 18.2 Å². The minimum atomic E-state index is -4.49. The second-order valence-corrected chi connectivity index (χ2v) is 8.97. The molecule has 0 spiro atoms. The van der Waals surface area contributed by atoms with E-state index >= 15 is 0 Å². The van der Waals surface area contributed by atoms with E-state index in [4.69, 9.17) is 4.74 Å². The van der Waals surface area contributed by atoms with Crippen LogP contribution in [-0.2, 0) is 11.0 Å². The third kappa shape index (κ3) is 5.63. The molecule has 4 rings (SSSR count). The molecule has 0 radical (unpaired) electrons. The molecule has 1 saturated carbocycles. The van der Waals surface area contributed by atoms with E-state index in [0.29, 0.717) is 42.4 Å². The van der Waals surface area contributed by atoms with Gasteiger partial charge in [-0.15, -0.1) is 0 Å². The van der Waals surface area contributed by atoms with Crippen LogP contribution >= 0.6 is 0 Å². The van der Waals surface area contributed by atoms with E-state index in [-0.39, 0.29) is 38.7 Å². The quantitative estimate of drug-likeness (QED) is 0.522. The van der Waals surface area contributed by atoms with Gasteiger partial charge in [-0.05, 0) is 32.4 Å². The minimum absolute atomic E-state index is 0. The first-order valence-corrected chi connectivity index (χ1v) is 11.0. The lowest BCUT2D eigenvalue weighted by atomic mass is 9.89. The van der Waals surface area contributed by atoms with Crippen LogP contribution in [0.4, 0.5) is 30.6 Å². The molecule has 1 aliphatic carbocycles. The number of anilines is 3. The maximum absolute atomic E-state index is 12.6. The number of aromatic nitrogens is 3. The number of aryl methyl sites for hydroxylation is 1. The van der Waals surface area contributed by atoms with Gasteiger partial charge in [-0.25, -0.2) is 9.97 Å². The minimum Gasteiger partial charge on any atom is -0.489 e. The van der Waals surface area contributed by atoms with Crippen LogP contribution in [0.25, 0.3) is 0 Å². The van der Waals surface area contributed by atoms with Crippen LogP contribution < -0.4 is 20.3 Å². The SMILES string of the molecule is C.C.CCC(C)(O)C1C(=O)Nc2c(C)nc(NC3CC(Oc4ccc(C(F)(F)F)nc4)C3)nc2N1C. The number of pyridine rings is 1. The summed E-state index contributed by atoms with van der Waals surface area (Å²) >= 11 is 0. The fourth-order valence-electron chi connectivity index (χ4n) is 4.18. The molecular weight excluding hydrogens is 477 g/mol. The number of rotatable bonds is 6. The van der Waals surface area contributed by atoms with Gasteiger partial charge in [-0.3, -0.25) is 4.79 Å². The average Bonchev–Trinajstić information content (AvgIpc) is 2.73. The fraction of sp³-hybridized carbons (Fsp3) is 0.583. The number of fused-ring (bicyclic) bond motifs is 1. The van der Waals surface area contributed by atoms with Crippen molar-refractivity contribution in [2.45, 2.75) is 84.9 Å². The summed E-state index contributed by atoms with van der Waals surface area (Å²) in [5.74, 6) is 0.861. The van der Waals surface area contributed by atoms with Crippen molar-refractivity contribution in [1.82, 2.24) is 15.0 Å². The Labute approximate surface area is 209 Å². The molecule has 0 bridgehead atoms. The van der Waals surface area contributed by atoms with Crippen molar-refractivity contribution in [1.29, 1.82) is 0 Å². The molecule has 2 aromatic rings. The number of ether oxygens (including phenoxy) is 1. The molecule has 3 N–H and O–H groups in total. The van der Waals surface area contributed by atoms with Gasteiger partial charge in [0.05, 0.1) is 17.5 Å². The van der Waals surface area contributed by atoms with E-state index in [1.165, 1.54) is 6.07 Å². The molecule has 9 nitrogen and oxygen atoms in total. The van der Waals surface area contributed by atoms with Crippen molar-refractivity contribution in [3.63, 3.8) is 0 Å². The number of hydrogen-bond donors (Lipinski definition) is 3. The molecule has 200 valence electrons. The van der Waals surface area contributed by atoms with Gasteiger partial charge < -0.3 is 25.4 Å². The summed E-state index contributed by atoms with van der Waals surface area (Å²) in [5, 5.41) is 16.8. The predicted molar refractivity (Wildman–Crippen MR) is 132 cm³/mol. The van der Waals surface area contributed by atoms with Crippen molar-refractivity contribution < 1.29 is 27.8 Å². The number of likely N-dealkylation sites (N-methyl/N-ethyl adjacent to an activating group) is 1. The van der Waals surface area contributed by atoms with Gasteiger partial charge in [0.2, 0.25) is 11.9 Å². The first kappa shape index (κ1) is 29.1. The Morgan fingerprint density at radius 2 is 1.92 bits per heavy atom. The highest BCUT2D eigenvalue weighted by Crippen LogP contribution is 2.37. The van der Waals surface area contributed by atoms with Crippen LogP contribution in [0.15, 0.2) is 18.3 Å². The number of nitrogens with zero attached hydrogens (tertiary/aromatic N) is 4. The normalized spacial score (nSPS) is 22.6. The van der Waals surface area contributed by atoms with Gasteiger partial charge in [0, 0.05) is 25.9 Å². The summed E-state index contributed by atoms with van der Waals surface area (Å²) in [7, 11) is 1.72. The predicted octanol–water partition coefficient (Wildman–Crippen LogP) is 4.41. The highest BCUT2D eigenvalue weighted by molar-refractivity contribution is 6.04. The Morgan fingerprint density at radius 3 is 2.47 bits per heavy atom. The third-order valence-corrected chi connectivity index (χ3v) is 6.35. The summed E-state index contributed by atoms with van der Waals surface area (Å²) in [6.45, 7) is 5.19. The molecule has 0 saturated heterocycles. The van der Waals surface area contributed by atoms with Crippen molar-refractivity contribution in [3.8, 4) is 5.75 Å². The number of aliphatic hydroxyl groups is 1. The fourth-order valence-corrected chi connectivity index (χ4v) is 4.18. The van der Waals surface area contributed by atoms with Crippen LogP contribution in [0.3, 0.4) is 0 Å². The highest BCUT2D eigenvalue weighted by Gasteiger charge is 2.44. The van der Waals surface area contributed by atoms with Gasteiger partial charge in [0.15, 0.2) is 5.82 Å². The van der Waals surface area contributed by atoms with Gasteiger partial charge in [0.25, 0.3) is 0 Å².